The number of ether oxygens (including phenoxy) is 1. The van der Waals surface area contributed by atoms with Crippen LogP contribution in [0, 0.1) is 13.8 Å². The van der Waals surface area contributed by atoms with Gasteiger partial charge in [0.25, 0.3) is 0 Å². The van der Waals surface area contributed by atoms with Crippen molar-refractivity contribution in [2.24, 2.45) is 4.99 Å². The maximum absolute atomic E-state index is 12.9. The van der Waals surface area contributed by atoms with Gasteiger partial charge in [0.1, 0.15) is 5.75 Å². The summed E-state index contributed by atoms with van der Waals surface area (Å²) >= 11 is 1.24. The average Bonchev–Trinajstić information content (AvgIpc) is 2.77. The molecular formula is C24H27F3N2O2S. The number of nitrogens with zero attached hydrogens (tertiary/aromatic N) is 2. The molecule has 8 heteroatoms. The van der Waals surface area contributed by atoms with Gasteiger partial charge in [0.2, 0.25) is 0 Å². The Bertz CT molecular complexity index is 1000. The van der Waals surface area contributed by atoms with Crippen LogP contribution in [0.15, 0.2) is 58.2 Å². The third-order valence-corrected chi connectivity index (χ3v) is 5.70. The van der Waals surface area contributed by atoms with E-state index in [9.17, 15) is 18.0 Å². The zero-order chi connectivity index (χ0) is 23.7. The molecule has 0 aliphatic heterocycles. The van der Waals surface area contributed by atoms with Crippen LogP contribution in [0.25, 0.3) is 0 Å². The Hall–Kier alpha value is -2.74. The van der Waals surface area contributed by atoms with Crippen molar-refractivity contribution in [3.8, 4) is 5.75 Å². The number of carbonyl (C=O) groups excluding carboxylic acids is 1. The lowest BCUT2D eigenvalue weighted by Crippen LogP contribution is -2.14. The first-order valence-corrected chi connectivity index (χ1v) is 11.1. The molecule has 4 nitrogen and oxygen atoms in total. The molecule has 0 unspecified atom stereocenters. The van der Waals surface area contributed by atoms with Gasteiger partial charge in [0, 0.05) is 36.2 Å². The Morgan fingerprint density at radius 1 is 1.16 bits per heavy atom. The molecule has 2 rings (SSSR count). The van der Waals surface area contributed by atoms with Crippen LogP contribution in [0.3, 0.4) is 0 Å². The standard InChI is InChI=1S/C24H27F3N2O2S/c1-5-29(4)15-28-22-12-16(2)20(11-17(22)3)23(30)14-31-18-7-6-8-19(13-18)32-10-9-21(25)24(26)27/h6-8,11-13,15H,5,9-10,14H2,1-4H3. The van der Waals surface area contributed by atoms with E-state index in [2.05, 4.69) is 4.99 Å². The number of allylic oxidation sites excluding steroid dienone is 1. The van der Waals surface area contributed by atoms with Crippen molar-refractivity contribution in [1.29, 1.82) is 0 Å². The average molecular weight is 465 g/mol. The summed E-state index contributed by atoms with van der Waals surface area (Å²) in [5.74, 6) is -0.896. The lowest BCUT2D eigenvalue weighted by molar-refractivity contribution is 0.0920. The van der Waals surface area contributed by atoms with E-state index in [1.807, 2.05) is 44.9 Å². The monoisotopic (exact) mass is 464 g/mol. The summed E-state index contributed by atoms with van der Waals surface area (Å²) in [6.45, 7) is 6.51. The third-order valence-electron chi connectivity index (χ3n) is 4.71. The number of benzene rings is 2. The number of carbonyl (C=O) groups is 1. The summed E-state index contributed by atoms with van der Waals surface area (Å²) < 4.78 is 42.8. The van der Waals surface area contributed by atoms with E-state index in [-0.39, 0.29) is 24.6 Å². The minimum Gasteiger partial charge on any atom is -0.485 e. The molecule has 0 saturated carbocycles. The molecule has 0 fully saturated rings. The van der Waals surface area contributed by atoms with Crippen LogP contribution in [0.2, 0.25) is 0 Å². The minimum atomic E-state index is -2.28. The molecule has 0 heterocycles. The summed E-state index contributed by atoms with van der Waals surface area (Å²) in [4.78, 5) is 19.9. The second-order valence-corrected chi connectivity index (χ2v) is 8.39. The molecule has 0 radical (unpaired) electrons. The van der Waals surface area contributed by atoms with Gasteiger partial charge in [0.15, 0.2) is 18.2 Å². The minimum absolute atomic E-state index is 0.139. The summed E-state index contributed by atoms with van der Waals surface area (Å²) in [5.41, 5.74) is 3.09. The number of ketones is 1. The van der Waals surface area contributed by atoms with Gasteiger partial charge in [-0.2, -0.15) is 8.78 Å². The van der Waals surface area contributed by atoms with Crippen LogP contribution in [0.4, 0.5) is 18.9 Å². The Balaban J connectivity index is 2.00. The van der Waals surface area contributed by atoms with Crippen molar-refractivity contribution < 1.29 is 22.7 Å². The van der Waals surface area contributed by atoms with E-state index in [1.165, 1.54) is 11.8 Å². The fourth-order valence-corrected chi connectivity index (χ4v) is 3.61. The number of hydrogen-bond acceptors (Lipinski definition) is 4. The van der Waals surface area contributed by atoms with Gasteiger partial charge in [-0.3, -0.25) is 4.79 Å². The normalized spacial score (nSPS) is 11.0. The van der Waals surface area contributed by atoms with Gasteiger partial charge >= 0.3 is 6.08 Å². The van der Waals surface area contributed by atoms with E-state index in [4.69, 9.17) is 4.74 Å². The molecule has 0 atom stereocenters. The second kappa shape index (κ2) is 12.3. The lowest BCUT2D eigenvalue weighted by atomic mass is 10.0. The van der Waals surface area contributed by atoms with E-state index >= 15 is 0 Å². The maximum atomic E-state index is 12.9. The largest absolute Gasteiger partial charge is 0.485 e. The first-order valence-electron chi connectivity index (χ1n) is 10.2. The predicted molar refractivity (Wildman–Crippen MR) is 124 cm³/mol. The first-order chi connectivity index (χ1) is 15.2. The molecule has 0 aliphatic carbocycles. The van der Waals surface area contributed by atoms with Crippen molar-refractivity contribution in [2.45, 2.75) is 32.1 Å². The zero-order valence-corrected chi connectivity index (χ0v) is 19.4. The fourth-order valence-electron chi connectivity index (χ4n) is 2.72. The number of rotatable bonds is 11. The summed E-state index contributed by atoms with van der Waals surface area (Å²) in [6.07, 6.45) is -0.861. The van der Waals surface area contributed by atoms with Crippen molar-refractivity contribution in [1.82, 2.24) is 4.90 Å². The van der Waals surface area contributed by atoms with Crippen molar-refractivity contribution >= 4 is 29.6 Å². The molecule has 172 valence electrons. The Morgan fingerprint density at radius 3 is 2.59 bits per heavy atom. The topological polar surface area (TPSA) is 41.9 Å². The van der Waals surface area contributed by atoms with Crippen LogP contribution >= 0.6 is 11.8 Å². The van der Waals surface area contributed by atoms with Crippen molar-refractivity contribution in [2.75, 3.05) is 26.0 Å². The molecule has 0 aromatic heterocycles. The number of halogens is 3. The van der Waals surface area contributed by atoms with Gasteiger partial charge in [-0.25, -0.2) is 9.38 Å². The number of hydrogen-bond donors (Lipinski definition) is 0. The van der Waals surface area contributed by atoms with Gasteiger partial charge < -0.3 is 9.64 Å². The molecule has 2 aromatic rings. The molecule has 0 bridgehead atoms. The summed E-state index contributed by atoms with van der Waals surface area (Å²) in [6, 6.07) is 10.6. The highest BCUT2D eigenvalue weighted by Gasteiger charge is 2.13. The number of aryl methyl sites for hydroxylation is 2. The molecule has 0 spiro atoms. The fraction of sp³-hybridized carbons (Fsp3) is 0.333. The van der Waals surface area contributed by atoms with E-state index in [0.29, 0.717) is 11.3 Å². The molecule has 0 N–H and O–H groups in total. The van der Waals surface area contributed by atoms with E-state index in [1.54, 1.807) is 30.6 Å². The highest BCUT2D eigenvalue weighted by molar-refractivity contribution is 7.99. The number of Topliss-reactive ketones (excluding diaryl/α,β-unsaturated/α-hetero) is 1. The van der Waals surface area contributed by atoms with Crippen molar-refractivity contribution in [3.05, 3.63) is 65.0 Å². The summed E-state index contributed by atoms with van der Waals surface area (Å²) in [5, 5.41) is 0. The van der Waals surface area contributed by atoms with Gasteiger partial charge in [-0.15, -0.1) is 11.8 Å². The quantitative estimate of drug-likeness (QED) is 0.160. The highest BCUT2D eigenvalue weighted by atomic mass is 32.2. The van der Waals surface area contributed by atoms with E-state index < -0.39 is 11.9 Å². The molecule has 0 amide bonds. The van der Waals surface area contributed by atoms with Gasteiger partial charge in [-0.1, -0.05) is 6.07 Å². The zero-order valence-electron chi connectivity index (χ0n) is 18.6. The molecule has 32 heavy (non-hydrogen) atoms. The van der Waals surface area contributed by atoms with Gasteiger partial charge in [-0.05, 0) is 62.2 Å². The second-order valence-electron chi connectivity index (χ2n) is 7.22. The van der Waals surface area contributed by atoms with Crippen LogP contribution in [0.5, 0.6) is 5.75 Å². The lowest BCUT2D eigenvalue weighted by Gasteiger charge is -2.12. The van der Waals surface area contributed by atoms with Crippen molar-refractivity contribution in [3.63, 3.8) is 0 Å². The smallest absolute Gasteiger partial charge is 0.301 e. The third kappa shape index (κ3) is 7.75. The first kappa shape index (κ1) is 25.5. The summed E-state index contributed by atoms with van der Waals surface area (Å²) in [7, 11) is 1.94. The SMILES string of the molecule is CCN(C)C=Nc1cc(C)c(C(=O)COc2cccc(SCCC(F)=C(F)F)c2)cc1C. The predicted octanol–water partition coefficient (Wildman–Crippen LogP) is 6.74. The van der Waals surface area contributed by atoms with Crippen LogP contribution in [-0.2, 0) is 0 Å². The van der Waals surface area contributed by atoms with Crippen LogP contribution < -0.4 is 4.74 Å². The molecule has 2 aromatic carbocycles. The molecule has 0 aliphatic rings. The maximum Gasteiger partial charge on any atom is 0.301 e. The van der Waals surface area contributed by atoms with Gasteiger partial charge in [0.05, 0.1) is 12.0 Å². The number of thioether (sulfide) groups is 1. The Kier molecular flexibility index (Phi) is 9.84. The van der Waals surface area contributed by atoms with Crippen LogP contribution in [-0.4, -0.2) is 43.0 Å². The number of aliphatic imine (C=N–C) groups is 1. The molecular weight excluding hydrogens is 437 g/mol. The Labute approximate surface area is 191 Å². The molecule has 0 saturated heterocycles. The van der Waals surface area contributed by atoms with Crippen LogP contribution in [0.1, 0.15) is 34.8 Å². The highest BCUT2D eigenvalue weighted by Crippen LogP contribution is 2.27. The van der Waals surface area contributed by atoms with E-state index in [0.717, 1.165) is 28.3 Å². The Morgan fingerprint density at radius 2 is 1.91 bits per heavy atom.